The van der Waals surface area contributed by atoms with E-state index in [-0.39, 0.29) is 21.6 Å². The maximum Gasteiger partial charge on any atom is 0.269 e. The molecule has 0 aliphatic heterocycles. The Balaban J connectivity index is 2.07. The van der Waals surface area contributed by atoms with Crippen molar-refractivity contribution >= 4 is 17.2 Å². The van der Waals surface area contributed by atoms with Crippen molar-refractivity contribution in [2.45, 2.75) is 39.7 Å². The molecule has 0 aliphatic rings. The fraction of sp³-hybridized carbons (Fsp3) is 0.273. The monoisotopic (exact) mass is 397 g/mol. The van der Waals surface area contributed by atoms with Crippen LogP contribution in [0.25, 0.3) is 5.57 Å². The molecule has 6 heteroatoms. The SMILES string of the molecule is Cc1c[nH]n(C/C=C(/c2ccc(C(C)(C)C)cc2)c2ccc(Cl)c(=O)[nH]2)c1=O. The van der Waals surface area contributed by atoms with Gasteiger partial charge in [-0.1, -0.05) is 62.7 Å². The van der Waals surface area contributed by atoms with Crippen LogP contribution in [0.5, 0.6) is 0 Å². The normalized spacial score (nSPS) is 12.4. The third-order valence-electron chi connectivity index (χ3n) is 4.71. The van der Waals surface area contributed by atoms with Crippen molar-refractivity contribution in [1.29, 1.82) is 0 Å². The number of nitrogens with zero attached hydrogens (tertiary/aromatic N) is 1. The highest BCUT2D eigenvalue weighted by Crippen LogP contribution is 2.27. The van der Waals surface area contributed by atoms with E-state index in [4.69, 9.17) is 11.6 Å². The Labute approximate surface area is 168 Å². The molecule has 146 valence electrons. The fourth-order valence-corrected chi connectivity index (χ4v) is 3.08. The van der Waals surface area contributed by atoms with Gasteiger partial charge in [-0.25, -0.2) is 4.68 Å². The van der Waals surface area contributed by atoms with E-state index in [9.17, 15) is 9.59 Å². The van der Waals surface area contributed by atoms with Crippen molar-refractivity contribution in [2.24, 2.45) is 0 Å². The lowest BCUT2D eigenvalue weighted by Crippen LogP contribution is -2.17. The van der Waals surface area contributed by atoms with Crippen LogP contribution in [0.1, 0.15) is 43.2 Å². The highest BCUT2D eigenvalue weighted by Gasteiger charge is 2.14. The fourth-order valence-electron chi connectivity index (χ4n) is 2.97. The summed E-state index contributed by atoms with van der Waals surface area (Å²) in [6.45, 7) is 8.61. The molecule has 0 saturated carbocycles. The van der Waals surface area contributed by atoms with E-state index in [1.54, 1.807) is 25.3 Å². The molecule has 2 heterocycles. The third kappa shape index (κ3) is 4.20. The van der Waals surface area contributed by atoms with Crippen LogP contribution < -0.4 is 11.1 Å². The molecule has 0 amide bonds. The summed E-state index contributed by atoms with van der Waals surface area (Å²) in [6.07, 6.45) is 3.60. The average Bonchev–Trinajstić information content (AvgIpc) is 2.96. The summed E-state index contributed by atoms with van der Waals surface area (Å²) in [5.74, 6) is 0. The second-order valence-corrected chi connectivity index (χ2v) is 8.27. The Hall–Kier alpha value is -2.79. The molecule has 0 radical (unpaired) electrons. The van der Waals surface area contributed by atoms with Crippen LogP contribution in [0.15, 0.2) is 58.3 Å². The predicted molar refractivity (Wildman–Crippen MR) is 114 cm³/mol. The Morgan fingerprint density at radius 2 is 1.79 bits per heavy atom. The minimum atomic E-state index is -0.343. The van der Waals surface area contributed by atoms with E-state index in [2.05, 4.69) is 43.0 Å². The molecule has 3 aromatic rings. The quantitative estimate of drug-likeness (QED) is 0.690. The van der Waals surface area contributed by atoms with Gasteiger partial charge in [0, 0.05) is 23.0 Å². The Morgan fingerprint density at radius 3 is 2.32 bits per heavy atom. The van der Waals surface area contributed by atoms with Crippen LogP contribution in [0.3, 0.4) is 0 Å². The van der Waals surface area contributed by atoms with Gasteiger partial charge >= 0.3 is 0 Å². The smallest absolute Gasteiger partial charge is 0.269 e. The van der Waals surface area contributed by atoms with Gasteiger partial charge in [-0.2, -0.15) is 0 Å². The number of rotatable bonds is 4. The van der Waals surface area contributed by atoms with Crippen molar-refractivity contribution < 1.29 is 0 Å². The maximum atomic E-state index is 12.1. The standard InChI is InChI=1S/C22H24ClN3O2/c1-14-13-24-26(21(14)28)12-11-17(19-10-9-18(23)20(27)25-19)15-5-7-16(8-6-15)22(2,3)4/h5-11,13,24H,12H2,1-4H3,(H,25,27)/b17-11-. The zero-order valence-corrected chi connectivity index (χ0v) is 17.2. The third-order valence-corrected chi connectivity index (χ3v) is 5.01. The lowest BCUT2D eigenvalue weighted by molar-refractivity contribution is 0.590. The summed E-state index contributed by atoms with van der Waals surface area (Å²) in [5, 5.41) is 3.09. The van der Waals surface area contributed by atoms with E-state index in [0.29, 0.717) is 17.8 Å². The first-order valence-electron chi connectivity index (χ1n) is 9.12. The molecule has 1 aromatic carbocycles. The lowest BCUT2D eigenvalue weighted by atomic mass is 9.86. The van der Waals surface area contributed by atoms with Crippen LogP contribution in [-0.4, -0.2) is 14.8 Å². The Morgan fingerprint density at radius 1 is 1.11 bits per heavy atom. The van der Waals surface area contributed by atoms with Crippen molar-refractivity contribution in [2.75, 3.05) is 0 Å². The lowest BCUT2D eigenvalue weighted by Gasteiger charge is -2.19. The molecule has 5 nitrogen and oxygen atoms in total. The Bertz CT molecular complexity index is 1130. The second-order valence-electron chi connectivity index (χ2n) is 7.87. The summed E-state index contributed by atoms with van der Waals surface area (Å²) in [5.41, 5.74) is 3.93. The van der Waals surface area contributed by atoms with Gasteiger partial charge in [0.15, 0.2) is 0 Å². The number of pyridine rings is 1. The molecule has 0 aliphatic carbocycles. The van der Waals surface area contributed by atoms with Gasteiger partial charge in [0.05, 0.1) is 6.54 Å². The molecule has 0 atom stereocenters. The number of benzene rings is 1. The first kappa shape index (κ1) is 20.0. The first-order chi connectivity index (χ1) is 13.2. The molecule has 2 aromatic heterocycles. The molecular formula is C22H24ClN3O2. The van der Waals surface area contributed by atoms with E-state index in [1.165, 1.54) is 10.2 Å². The van der Waals surface area contributed by atoms with Crippen LogP contribution in [0.2, 0.25) is 5.02 Å². The average molecular weight is 398 g/mol. The van der Waals surface area contributed by atoms with Crippen molar-refractivity contribution in [1.82, 2.24) is 14.8 Å². The minimum Gasteiger partial charge on any atom is -0.321 e. The van der Waals surface area contributed by atoms with Gasteiger partial charge in [0.25, 0.3) is 11.1 Å². The zero-order valence-electron chi connectivity index (χ0n) is 16.5. The summed E-state index contributed by atoms with van der Waals surface area (Å²) < 4.78 is 1.52. The molecule has 0 bridgehead atoms. The number of hydrogen-bond acceptors (Lipinski definition) is 2. The Kier molecular flexibility index (Phi) is 5.47. The first-order valence-corrected chi connectivity index (χ1v) is 9.49. The van der Waals surface area contributed by atoms with Gasteiger partial charge in [-0.3, -0.25) is 9.59 Å². The van der Waals surface area contributed by atoms with E-state index < -0.39 is 0 Å². The summed E-state index contributed by atoms with van der Waals surface area (Å²) in [7, 11) is 0. The molecule has 0 unspecified atom stereocenters. The van der Waals surface area contributed by atoms with E-state index in [0.717, 1.165) is 11.1 Å². The van der Waals surface area contributed by atoms with Crippen molar-refractivity contribution in [3.63, 3.8) is 0 Å². The van der Waals surface area contributed by atoms with Gasteiger partial charge in [-0.05, 0) is 35.6 Å². The predicted octanol–water partition coefficient (Wildman–Crippen LogP) is 4.26. The number of aromatic nitrogens is 3. The van der Waals surface area contributed by atoms with E-state index >= 15 is 0 Å². The number of H-pyrrole nitrogens is 2. The van der Waals surface area contributed by atoms with Crippen LogP contribution >= 0.6 is 11.6 Å². The topological polar surface area (TPSA) is 70.7 Å². The molecule has 0 saturated heterocycles. The molecule has 2 N–H and O–H groups in total. The molecule has 0 spiro atoms. The van der Waals surface area contributed by atoms with Gasteiger partial charge in [-0.15, -0.1) is 0 Å². The second kappa shape index (κ2) is 7.68. The van der Waals surface area contributed by atoms with Crippen LogP contribution in [-0.2, 0) is 12.0 Å². The highest BCUT2D eigenvalue weighted by molar-refractivity contribution is 6.30. The summed E-state index contributed by atoms with van der Waals surface area (Å²) in [4.78, 5) is 27.0. The summed E-state index contributed by atoms with van der Waals surface area (Å²) >= 11 is 5.89. The van der Waals surface area contributed by atoms with Crippen molar-refractivity contribution in [3.8, 4) is 0 Å². The number of allylic oxidation sites excluding steroid dienone is 1. The molecule has 28 heavy (non-hydrogen) atoms. The number of aryl methyl sites for hydroxylation is 1. The summed E-state index contributed by atoms with van der Waals surface area (Å²) in [6, 6.07) is 11.6. The number of halogens is 1. The number of aromatic amines is 2. The highest BCUT2D eigenvalue weighted by atomic mass is 35.5. The van der Waals surface area contributed by atoms with Crippen molar-refractivity contribution in [3.05, 3.63) is 96.8 Å². The van der Waals surface area contributed by atoms with Gasteiger partial charge in [0.2, 0.25) is 0 Å². The number of hydrogen-bond donors (Lipinski definition) is 2. The minimum absolute atomic E-state index is 0.0477. The van der Waals surface area contributed by atoms with Crippen LogP contribution in [0, 0.1) is 6.92 Å². The molecule has 3 rings (SSSR count). The van der Waals surface area contributed by atoms with E-state index in [1.807, 2.05) is 18.2 Å². The number of nitrogens with one attached hydrogen (secondary N) is 2. The zero-order chi connectivity index (χ0) is 20.5. The van der Waals surface area contributed by atoms with Crippen LogP contribution in [0.4, 0.5) is 0 Å². The molecular weight excluding hydrogens is 374 g/mol. The molecule has 0 fully saturated rings. The maximum absolute atomic E-state index is 12.1. The largest absolute Gasteiger partial charge is 0.321 e. The van der Waals surface area contributed by atoms with Gasteiger partial charge < -0.3 is 10.1 Å². The van der Waals surface area contributed by atoms with Gasteiger partial charge in [0.1, 0.15) is 5.02 Å².